The Morgan fingerprint density at radius 1 is 1.08 bits per heavy atom. The lowest BCUT2D eigenvalue weighted by atomic mass is 10.1. The van der Waals surface area contributed by atoms with E-state index in [4.69, 9.17) is 37.8 Å². The molecule has 1 aromatic heterocycles. The van der Waals surface area contributed by atoms with Gasteiger partial charge in [0.2, 0.25) is 0 Å². The molecule has 1 N–H and O–H groups in total. The number of halogens is 2. The summed E-state index contributed by atoms with van der Waals surface area (Å²) >= 11 is 12.6. The second kappa shape index (κ2) is 6.74. The molecule has 0 amide bonds. The number of anilines is 1. The number of ether oxygens (including phenoxy) is 2. The van der Waals surface area contributed by atoms with Crippen LogP contribution in [0.2, 0.25) is 10.0 Å². The van der Waals surface area contributed by atoms with Crippen molar-refractivity contribution in [3.05, 3.63) is 52.0 Å². The van der Waals surface area contributed by atoms with E-state index in [1.807, 2.05) is 35.0 Å². The maximum absolute atomic E-state index is 6.43. The monoisotopic (exact) mass is 389 g/mol. The summed E-state index contributed by atoms with van der Waals surface area (Å²) in [6.07, 6.45) is 0.864. The van der Waals surface area contributed by atoms with Gasteiger partial charge in [0.05, 0.1) is 30.0 Å². The maximum atomic E-state index is 6.43. The smallest absolute Gasteiger partial charge is 0.170 e. The lowest BCUT2D eigenvalue weighted by Crippen LogP contribution is -2.05. The summed E-state index contributed by atoms with van der Waals surface area (Å²) in [6.45, 7) is 0.838. The van der Waals surface area contributed by atoms with E-state index in [1.54, 1.807) is 20.3 Å². The molecule has 0 bridgehead atoms. The van der Waals surface area contributed by atoms with Crippen LogP contribution in [-0.4, -0.2) is 30.5 Å². The minimum atomic E-state index is 0.470. The van der Waals surface area contributed by atoms with Crippen molar-refractivity contribution in [1.29, 1.82) is 0 Å². The minimum Gasteiger partial charge on any atom is -0.493 e. The van der Waals surface area contributed by atoms with Crippen LogP contribution in [-0.2, 0) is 6.42 Å². The first-order chi connectivity index (χ1) is 12.7. The standard InChI is InChI=1S/C19H17Cl2N3O2/c1-25-15-8-3-5-11(18(15)26-2)17-12-9-10-22-19(12)24(23-17)14-7-4-6-13(20)16(14)21/h3-8,22H,9-10H2,1-2H3. The third-order valence-corrected chi connectivity index (χ3v) is 5.28. The Balaban J connectivity index is 1.95. The van der Waals surface area contributed by atoms with Crippen LogP contribution in [0.5, 0.6) is 11.5 Å². The van der Waals surface area contributed by atoms with Gasteiger partial charge in [-0.3, -0.25) is 0 Å². The van der Waals surface area contributed by atoms with Gasteiger partial charge in [0.15, 0.2) is 11.5 Å². The average molecular weight is 390 g/mol. The Kier molecular flexibility index (Phi) is 4.42. The molecule has 2 heterocycles. The number of nitrogens with one attached hydrogen (secondary N) is 1. The third-order valence-electron chi connectivity index (χ3n) is 4.47. The van der Waals surface area contributed by atoms with Gasteiger partial charge in [-0.2, -0.15) is 5.10 Å². The van der Waals surface area contributed by atoms with Crippen LogP contribution >= 0.6 is 23.2 Å². The lowest BCUT2D eigenvalue weighted by molar-refractivity contribution is 0.356. The zero-order valence-corrected chi connectivity index (χ0v) is 15.9. The second-order valence-corrected chi connectivity index (χ2v) is 6.66. The number of hydrogen-bond donors (Lipinski definition) is 1. The van der Waals surface area contributed by atoms with Crippen LogP contribution < -0.4 is 14.8 Å². The Labute approximate surface area is 161 Å². The Morgan fingerprint density at radius 2 is 1.88 bits per heavy atom. The third kappa shape index (κ3) is 2.59. The minimum absolute atomic E-state index is 0.470. The van der Waals surface area contributed by atoms with E-state index >= 15 is 0 Å². The highest BCUT2D eigenvalue weighted by Crippen LogP contribution is 2.43. The molecule has 0 aliphatic carbocycles. The van der Waals surface area contributed by atoms with Gasteiger partial charge in [-0.1, -0.05) is 35.3 Å². The molecule has 0 spiro atoms. The maximum Gasteiger partial charge on any atom is 0.170 e. The zero-order valence-electron chi connectivity index (χ0n) is 14.3. The lowest BCUT2D eigenvalue weighted by Gasteiger charge is -2.12. The molecular formula is C19H17Cl2N3O2. The fourth-order valence-corrected chi connectivity index (χ4v) is 3.67. The van der Waals surface area contributed by atoms with Crippen molar-refractivity contribution in [3.63, 3.8) is 0 Å². The molecule has 1 aliphatic rings. The highest BCUT2D eigenvalue weighted by molar-refractivity contribution is 6.43. The summed E-state index contributed by atoms with van der Waals surface area (Å²) in [7, 11) is 3.25. The highest BCUT2D eigenvalue weighted by atomic mass is 35.5. The van der Waals surface area contributed by atoms with Gasteiger partial charge in [-0.15, -0.1) is 0 Å². The van der Waals surface area contributed by atoms with E-state index in [2.05, 4.69) is 5.32 Å². The summed E-state index contributed by atoms with van der Waals surface area (Å²) in [5.41, 5.74) is 3.58. The van der Waals surface area contributed by atoms with Crippen LogP contribution in [0.15, 0.2) is 36.4 Å². The van der Waals surface area contributed by atoms with Crippen LogP contribution in [0.25, 0.3) is 16.9 Å². The number of rotatable bonds is 4. The number of fused-ring (bicyclic) bond motifs is 1. The normalized spacial score (nSPS) is 12.6. The van der Waals surface area contributed by atoms with E-state index in [0.717, 1.165) is 41.3 Å². The number of methoxy groups -OCH3 is 2. The van der Waals surface area contributed by atoms with Gasteiger partial charge >= 0.3 is 0 Å². The summed E-state index contributed by atoms with van der Waals surface area (Å²) < 4.78 is 12.8. The summed E-state index contributed by atoms with van der Waals surface area (Å²) in [4.78, 5) is 0. The van der Waals surface area contributed by atoms with Gasteiger partial charge in [-0.05, 0) is 30.7 Å². The van der Waals surface area contributed by atoms with Crippen molar-refractivity contribution in [2.45, 2.75) is 6.42 Å². The molecule has 0 atom stereocenters. The Bertz CT molecular complexity index is 985. The van der Waals surface area contributed by atoms with Crippen LogP contribution in [0.3, 0.4) is 0 Å². The van der Waals surface area contributed by atoms with Crippen molar-refractivity contribution in [3.8, 4) is 28.4 Å². The van der Waals surface area contributed by atoms with Gasteiger partial charge in [0.1, 0.15) is 11.5 Å². The van der Waals surface area contributed by atoms with Crippen LogP contribution in [0.4, 0.5) is 5.82 Å². The van der Waals surface area contributed by atoms with Crippen molar-refractivity contribution in [2.24, 2.45) is 0 Å². The first kappa shape index (κ1) is 17.1. The molecule has 7 heteroatoms. The van der Waals surface area contributed by atoms with Crippen LogP contribution in [0, 0.1) is 0 Å². The number of para-hydroxylation sites is 1. The molecular weight excluding hydrogens is 373 g/mol. The molecule has 0 unspecified atom stereocenters. The predicted octanol–water partition coefficient (Wildman–Crippen LogP) is 4.83. The largest absolute Gasteiger partial charge is 0.493 e. The molecule has 5 nitrogen and oxygen atoms in total. The first-order valence-corrected chi connectivity index (χ1v) is 8.92. The molecule has 2 aromatic carbocycles. The van der Waals surface area contributed by atoms with Crippen LogP contribution in [0.1, 0.15) is 5.56 Å². The average Bonchev–Trinajstić information content (AvgIpc) is 3.26. The van der Waals surface area contributed by atoms with Gasteiger partial charge in [0.25, 0.3) is 0 Å². The number of hydrogen-bond acceptors (Lipinski definition) is 4. The predicted molar refractivity (Wildman–Crippen MR) is 104 cm³/mol. The number of benzene rings is 2. The molecule has 0 fully saturated rings. The Morgan fingerprint density at radius 3 is 2.65 bits per heavy atom. The van der Waals surface area contributed by atoms with Gasteiger partial charge < -0.3 is 14.8 Å². The summed E-state index contributed by atoms with van der Waals surface area (Å²) in [5.74, 6) is 2.25. The van der Waals surface area contributed by atoms with Crippen molar-refractivity contribution in [2.75, 3.05) is 26.1 Å². The fourth-order valence-electron chi connectivity index (χ4n) is 3.29. The summed E-state index contributed by atoms with van der Waals surface area (Å²) in [6, 6.07) is 11.3. The van der Waals surface area contributed by atoms with Gasteiger partial charge in [-0.25, -0.2) is 4.68 Å². The molecule has 0 radical (unpaired) electrons. The summed E-state index contributed by atoms with van der Waals surface area (Å²) in [5, 5.41) is 9.19. The van der Waals surface area contributed by atoms with Crippen molar-refractivity contribution in [1.82, 2.24) is 9.78 Å². The molecule has 1 aliphatic heterocycles. The molecule has 0 saturated heterocycles. The Hall–Kier alpha value is -2.37. The number of aromatic nitrogens is 2. The molecule has 26 heavy (non-hydrogen) atoms. The quantitative estimate of drug-likeness (QED) is 0.693. The SMILES string of the molecule is COc1cccc(-c2nn(-c3cccc(Cl)c3Cl)c3c2CCN3)c1OC. The van der Waals surface area contributed by atoms with E-state index in [0.29, 0.717) is 21.5 Å². The van der Waals surface area contributed by atoms with Gasteiger partial charge in [0, 0.05) is 17.7 Å². The second-order valence-electron chi connectivity index (χ2n) is 5.88. The molecule has 3 aromatic rings. The molecule has 4 rings (SSSR count). The fraction of sp³-hybridized carbons (Fsp3) is 0.211. The highest BCUT2D eigenvalue weighted by Gasteiger charge is 2.27. The van der Waals surface area contributed by atoms with E-state index < -0.39 is 0 Å². The van der Waals surface area contributed by atoms with E-state index in [-0.39, 0.29) is 0 Å². The topological polar surface area (TPSA) is 48.3 Å². The van der Waals surface area contributed by atoms with E-state index in [9.17, 15) is 0 Å². The molecule has 0 saturated carbocycles. The van der Waals surface area contributed by atoms with E-state index in [1.165, 1.54) is 0 Å². The number of nitrogens with zero attached hydrogens (tertiary/aromatic N) is 2. The van der Waals surface area contributed by atoms with Crippen molar-refractivity contribution >= 4 is 29.0 Å². The molecule has 134 valence electrons. The van der Waals surface area contributed by atoms with Crippen molar-refractivity contribution < 1.29 is 9.47 Å². The first-order valence-electron chi connectivity index (χ1n) is 8.17. The zero-order chi connectivity index (χ0) is 18.3.